The first-order valence-corrected chi connectivity index (χ1v) is 1.97. The van der Waals surface area contributed by atoms with Gasteiger partial charge < -0.3 is 0 Å². The van der Waals surface area contributed by atoms with E-state index in [1.165, 1.54) is 7.05 Å². The van der Waals surface area contributed by atoms with Crippen LogP contribution < -0.4 is 0 Å². The van der Waals surface area contributed by atoms with Crippen molar-refractivity contribution in [3.63, 3.8) is 0 Å². The van der Waals surface area contributed by atoms with Gasteiger partial charge in [-0.3, -0.25) is 0 Å². The molecular formula is C2H4N6. The summed E-state index contributed by atoms with van der Waals surface area (Å²) in [4.78, 5) is 0. The minimum Gasteiger partial charge on any atom is -0.189 e. The second-order valence-electron chi connectivity index (χ2n) is 1.01. The average molecular weight is 112 g/mol. The van der Waals surface area contributed by atoms with Crippen LogP contribution in [0.15, 0.2) is 10.2 Å². The van der Waals surface area contributed by atoms with Crippen molar-refractivity contribution >= 4 is 5.95 Å². The minimum atomic E-state index is 0.257. The van der Waals surface area contributed by atoms with Gasteiger partial charge in [-0.2, -0.15) is 10.3 Å². The summed E-state index contributed by atoms with van der Waals surface area (Å²) in [7, 11) is 1.54. The van der Waals surface area contributed by atoms with E-state index in [4.69, 9.17) is 0 Å². The van der Waals surface area contributed by atoms with Gasteiger partial charge in [0.1, 0.15) is 0 Å². The molecule has 0 radical (unpaired) electrons. The van der Waals surface area contributed by atoms with Gasteiger partial charge >= 0.3 is 5.95 Å². The highest BCUT2D eigenvalue weighted by atomic mass is 15.5. The Bertz CT molecular complexity index is 163. The number of hydrogen-bond donors (Lipinski definition) is 1. The second-order valence-corrected chi connectivity index (χ2v) is 1.01. The van der Waals surface area contributed by atoms with Gasteiger partial charge in [0, 0.05) is 7.05 Å². The highest BCUT2D eigenvalue weighted by Gasteiger charge is 1.87. The molecule has 8 heavy (non-hydrogen) atoms. The molecule has 0 aliphatic heterocycles. The first-order valence-electron chi connectivity index (χ1n) is 1.97. The van der Waals surface area contributed by atoms with Crippen molar-refractivity contribution < 1.29 is 0 Å². The number of tetrazole rings is 1. The molecule has 6 heteroatoms. The zero-order chi connectivity index (χ0) is 5.82. The zero-order valence-electron chi connectivity index (χ0n) is 4.24. The molecule has 42 valence electrons. The third-order valence-corrected chi connectivity index (χ3v) is 0.524. The predicted molar refractivity (Wildman–Crippen MR) is 24.6 cm³/mol. The van der Waals surface area contributed by atoms with E-state index in [-0.39, 0.29) is 5.95 Å². The molecular weight excluding hydrogens is 108 g/mol. The molecule has 1 rings (SSSR count). The van der Waals surface area contributed by atoms with Crippen molar-refractivity contribution in [2.24, 2.45) is 10.2 Å². The van der Waals surface area contributed by atoms with E-state index < -0.39 is 0 Å². The van der Waals surface area contributed by atoms with E-state index >= 15 is 0 Å². The number of aromatic amines is 1. The molecule has 1 aromatic heterocycles. The van der Waals surface area contributed by atoms with Crippen molar-refractivity contribution in [3.05, 3.63) is 0 Å². The maximum atomic E-state index is 3.50. The Morgan fingerprint density at radius 1 is 1.62 bits per heavy atom. The maximum absolute atomic E-state index is 3.50. The highest BCUT2D eigenvalue weighted by Crippen LogP contribution is 1.94. The molecule has 0 spiro atoms. The SMILES string of the molecule is CN=Nc1nn[nH]n1. The van der Waals surface area contributed by atoms with Crippen LogP contribution in [0.2, 0.25) is 0 Å². The summed E-state index contributed by atoms with van der Waals surface area (Å²) in [5.74, 6) is 0.257. The molecule has 1 N–H and O–H groups in total. The Balaban J connectivity index is 2.77. The first kappa shape index (κ1) is 4.82. The Labute approximate surface area is 45.0 Å². The molecule has 6 nitrogen and oxygen atoms in total. The van der Waals surface area contributed by atoms with Crippen molar-refractivity contribution in [1.29, 1.82) is 0 Å². The van der Waals surface area contributed by atoms with E-state index in [0.717, 1.165) is 0 Å². The fourth-order valence-electron chi connectivity index (χ4n) is 0.288. The van der Waals surface area contributed by atoms with Crippen LogP contribution >= 0.6 is 0 Å². The van der Waals surface area contributed by atoms with Gasteiger partial charge in [-0.1, -0.05) is 5.10 Å². The smallest absolute Gasteiger partial charge is 0.189 e. The predicted octanol–water partition coefficient (Wildman–Crippen LogP) is -0.0868. The maximum Gasteiger partial charge on any atom is 0.307 e. The Hall–Kier alpha value is -1.33. The largest absolute Gasteiger partial charge is 0.307 e. The van der Waals surface area contributed by atoms with Gasteiger partial charge in [-0.15, -0.1) is 10.2 Å². The van der Waals surface area contributed by atoms with Crippen LogP contribution in [0.3, 0.4) is 0 Å². The van der Waals surface area contributed by atoms with Gasteiger partial charge in [-0.05, 0) is 5.21 Å². The number of aromatic nitrogens is 4. The normalized spacial score (nSPS) is 10.6. The summed E-state index contributed by atoms with van der Waals surface area (Å²) in [5, 5.41) is 19.4. The summed E-state index contributed by atoms with van der Waals surface area (Å²) >= 11 is 0. The molecule has 0 saturated heterocycles. The number of rotatable bonds is 1. The molecule has 0 fully saturated rings. The second kappa shape index (κ2) is 2.10. The quantitative estimate of drug-likeness (QED) is 0.515. The van der Waals surface area contributed by atoms with Crippen LogP contribution in [0, 0.1) is 0 Å². The molecule has 0 saturated carbocycles. The monoisotopic (exact) mass is 112 g/mol. The topological polar surface area (TPSA) is 79.2 Å². The van der Waals surface area contributed by atoms with Gasteiger partial charge in [-0.25, -0.2) is 0 Å². The lowest BCUT2D eigenvalue weighted by Gasteiger charge is -1.68. The van der Waals surface area contributed by atoms with E-state index in [9.17, 15) is 0 Å². The van der Waals surface area contributed by atoms with Crippen LogP contribution in [-0.2, 0) is 0 Å². The molecule has 1 aromatic rings. The van der Waals surface area contributed by atoms with Crippen molar-refractivity contribution in [1.82, 2.24) is 20.6 Å². The minimum absolute atomic E-state index is 0.257. The highest BCUT2D eigenvalue weighted by molar-refractivity contribution is 5.03. The van der Waals surface area contributed by atoms with Crippen LogP contribution in [0.5, 0.6) is 0 Å². The number of nitrogens with one attached hydrogen (secondary N) is 1. The summed E-state index contributed by atoms with van der Waals surface area (Å²) < 4.78 is 0. The number of hydrogen-bond acceptors (Lipinski definition) is 5. The van der Waals surface area contributed by atoms with Crippen LogP contribution in [0.25, 0.3) is 0 Å². The van der Waals surface area contributed by atoms with Crippen molar-refractivity contribution in [3.8, 4) is 0 Å². The lowest BCUT2D eigenvalue weighted by molar-refractivity contribution is 0.881. The third-order valence-electron chi connectivity index (χ3n) is 0.524. The van der Waals surface area contributed by atoms with E-state index in [2.05, 4.69) is 30.9 Å². The van der Waals surface area contributed by atoms with Gasteiger partial charge in [0.15, 0.2) is 0 Å². The zero-order valence-corrected chi connectivity index (χ0v) is 4.24. The fourth-order valence-corrected chi connectivity index (χ4v) is 0.288. The molecule has 0 aliphatic rings. The summed E-state index contributed by atoms with van der Waals surface area (Å²) in [5.41, 5.74) is 0. The van der Waals surface area contributed by atoms with Crippen LogP contribution in [-0.4, -0.2) is 27.7 Å². The van der Waals surface area contributed by atoms with E-state index in [1.807, 2.05) is 0 Å². The number of azo groups is 1. The molecule has 0 unspecified atom stereocenters. The molecule has 0 bridgehead atoms. The van der Waals surface area contributed by atoms with Crippen LogP contribution in [0.1, 0.15) is 0 Å². The van der Waals surface area contributed by atoms with Crippen molar-refractivity contribution in [2.45, 2.75) is 0 Å². The lowest BCUT2D eigenvalue weighted by atomic mass is 11.1. The Morgan fingerprint density at radius 3 is 3.00 bits per heavy atom. The summed E-state index contributed by atoms with van der Waals surface area (Å²) in [6.45, 7) is 0. The molecule has 0 aliphatic carbocycles. The van der Waals surface area contributed by atoms with Gasteiger partial charge in [0.25, 0.3) is 0 Å². The van der Waals surface area contributed by atoms with Gasteiger partial charge in [0.05, 0.1) is 0 Å². The standard InChI is InChI=1S/C2H4N6/c1-3-4-2-5-7-8-6-2/h1H3,(H,5,6,7,8). The number of nitrogens with zero attached hydrogens (tertiary/aromatic N) is 5. The Kier molecular flexibility index (Phi) is 1.27. The summed E-state index contributed by atoms with van der Waals surface area (Å²) in [6.07, 6.45) is 0. The van der Waals surface area contributed by atoms with E-state index in [0.29, 0.717) is 0 Å². The van der Waals surface area contributed by atoms with E-state index in [1.54, 1.807) is 0 Å². The molecule has 0 amide bonds. The van der Waals surface area contributed by atoms with Crippen molar-refractivity contribution in [2.75, 3.05) is 7.05 Å². The molecule has 1 heterocycles. The van der Waals surface area contributed by atoms with Gasteiger partial charge in [0.2, 0.25) is 0 Å². The summed E-state index contributed by atoms with van der Waals surface area (Å²) in [6, 6.07) is 0. The lowest BCUT2D eigenvalue weighted by Crippen LogP contribution is -1.64. The third kappa shape index (κ3) is 0.837. The number of H-pyrrole nitrogens is 1. The molecule has 0 atom stereocenters. The Morgan fingerprint density at radius 2 is 2.50 bits per heavy atom. The average Bonchev–Trinajstić information content (AvgIpc) is 2.19. The first-order chi connectivity index (χ1) is 3.93. The van der Waals surface area contributed by atoms with Crippen LogP contribution in [0.4, 0.5) is 5.95 Å². The molecule has 0 aromatic carbocycles. The fraction of sp³-hybridized carbons (Fsp3) is 0.500.